The first-order valence-electron chi connectivity index (χ1n) is 12.2. The highest BCUT2D eigenvalue weighted by atomic mass is 16.5. The number of methoxy groups -OCH3 is 1. The normalized spacial score (nSPS) is 12.0. The first-order chi connectivity index (χ1) is 17.8. The minimum atomic E-state index is 0.863. The SMILES string of the molecule is COc1ccc2[nH]c3c4ccccc4c4c(c5ccc6ccccc6c5n4-c4ccccc4)c3c2c1. The fourth-order valence-electron chi connectivity index (χ4n) is 6.06. The van der Waals surface area contributed by atoms with E-state index in [9.17, 15) is 0 Å². The Morgan fingerprint density at radius 2 is 1.33 bits per heavy atom. The van der Waals surface area contributed by atoms with Gasteiger partial charge in [0.05, 0.1) is 23.7 Å². The number of nitrogens with one attached hydrogen (secondary N) is 1. The number of nitrogens with zero attached hydrogens (tertiary/aromatic N) is 1. The van der Waals surface area contributed by atoms with Crippen LogP contribution in [-0.4, -0.2) is 16.7 Å². The number of hydrogen-bond donors (Lipinski definition) is 1. The van der Waals surface area contributed by atoms with Gasteiger partial charge in [-0.3, -0.25) is 0 Å². The predicted octanol–water partition coefficient (Wildman–Crippen LogP) is 8.73. The molecule has 0 amide bonds. The van der Waals surface area contributed by atoms with Gasteiger partial charge in [0, 0.05) is 48.9 Å². The van der Waals surface area contributed by atoms with Gasteiger partial charge in [0.25, 0.3) is 0 Å². The van der Waals surface area contributed by atoms with E-state index in [1.165, 1.54) is 59.6 Å². The molecule has 0 fully saturated rings. The van der Waals surface area contributed by atoms with Crippen LogP contribution in [0.1, 0.15) is 0 Å². The maximum absolute atomic E-state index is 5.64. The summed E-state index contributed by atoms with van der Waals surface area (Å²) in [5.74, 6) is 0.863. The lowest BCUT2D eigenvalue weighted by atomic mass is 9.98. The van der Waals surface area contributed by atoms with Crippen LogP contribution in [-0.2, 0) is 0 Å². The Hall–Kier alpha value is -4.76. The summed E-state index contributed by atoms with van der Waals surface area (Å²) in [6, 6.07) is 39.1. The van der Waals surface area contributed by atoms with Gasteiger partial charge in [0.2, 0.25) is 0 Å². The molecule has 170 valence electrons. The lowest BCUT2D eigenvalue weighted by Gasteiger charge is -2.11. The Bertz CT molecular complexity index is 2130. The number of ether oxygens (including phenoxy) is 1. The summed E-state index contributed by atoms with van der Waals surface area (Å²) in [5, 5.41) is 9.91. The van der Waals surface area contributed by atoms with Crippen LogP contribution in [0.4, 0.5) is 0 Å². The molecule has 2 aromatic heterocycles. The zero-order valence-corrected chi connectivity index (χ0v) is 19.7. The molecule has 0 saturated heterocycles. The van der Waals surface area contributed by atoms with Gasteiger partial charge in [-0.1, -0.05) is 78.9 Å². The van der Waals surface area contributed by atoms with Crippen molar-refractivity contribution in [2.45, 2.75) is 0 Å². The number of aromatic amines is 1. The van der Waals surface area contributed by atoms with Gasteiger partial charge in [0.15, 0.2) is 0 Å². The molecular weight excluding hydrogens is 440 g/mol. The standard InChI is InChI=1S/C33H22N2O/c1-36-22-16-18-28-27(19-22)29-30-26-17-15-20-9-5-6-12-23(20)32(26)35(21-10-3-2-4-11-21)33(30)25-14-8-7-13-24(25)31(29)34-28/h2-19,34H,1H3. The first-order valence-corrected chi connectivity index (χ1v) is 12.2. The second kappa shape index (κ2) is 7.12. The van der Waals surface area contributed by atoms with E-state index < -0.39 is 0 Å². The van der Waals surface area contributed by atoms with Crippen molar-refractivity contribution >= 4 is 65.2 Å². The van der Waals surface area contributed by atoms with E-state index in [0.717, 1.165) is 17.0 Å². The quantitative estimate of drug-likeness (QED) is 0.273. The average molecular weight is 463 g/mol. The molecule has 0 aliphatic rings. The Labute approximate surface area is 207 Å². The van der Waals surface area contributed by atoms with Crippen LogP contribution in [0.25, 0.3) is 70.8 Å². The summed E-state index contributed by atoms with van der Waals surface area (Å²) >= 11 is 0. The number of fused-ring (bicyclic) bond motifs is 12. The van der Waals surface area contributed by atoms with E-state index in [1.54, 1.807) is 7.11 Å². The second-order valence-corrected chi connectivity index (χ2v) is 9.41. The van der Waals surface area contributed by atoms with Crippen LogP contribution < -0.4 is 4.74 Å². The molecule has 0 radical (unpaired) electrons. The summed E-state index contributed by atoms with van der Waals surface area (Å²) in [4.78, 5) is 3.75. The van der Waals surface area contributed by atoms with Gasteiger partial charge in [-0.25, -0.2) is 0 Å². The van der Waals surface area contributed by atoms with Crippen molar-refractivity contribution in [1.29, 1.82) is 0 Å². The average Bonchev–Trinajstić information content (AvgIpc) is 3.49. The molecule has 6 aromatic carbocycles. The number of para-hydroxylation sites is 1. The highest BCUT2D eigenvalue weighted by Gasteiger charge is 2.22. The maximum Gasteiger partial charge on any atom is 0.119 e. The summed E-state index contributed by atoms with van der Waals surface area (Å²) in [6.07, 6.45) is 0. The number of benzene rings is 6. The van der Waals surface area contributed by atoms with Crippen LogP contribution in [0.2, 0.25) is 0 Å². The van der Waals surface area contributed by atoms with Crippen LogP contribution in [0.15, 0.2) is 109 Å². The molecule has 0 bridgehead atoms. The van der Waals surface area contributed by atoms with Gasteiger partial charge in [0.1, 0.15) is 5.75 Å². The van der Waals surface area contributed by atoms with Crippen molar-refractivity contribution in [2.75, 3.05) is 7.11 Å². The molecule has 0 atom stereocenters. The molecule has 2 heterocycles. The fourth-order valence-corrected chi connectivity index (χ4v) is 6.06. The molecule has 0 aliphatic carbocycles. The van der Waals surface area contributed by atoms with Gasteiger partial charge in [-0.15, -0.1) is 0 Å². The zero-order valence-electron chi connectivity index (χ0n) is 19.7. The third kappa shape index (κ3) is 2.47. The molecule has 0 spiro atoms. The Balaban J connectivity index is 1.77. The minimum absolute atomic E-state index is 0.863. The molecule has 8 rings (SSSR count). The number of aromatic nitrogens is 2. The molecule has 0 aliphatic heterocycles. The Morgan fingerprint density at radius 1 is 0.583 bits per heavy atom. The van der Waals surface area contributed by atoms with Crippen LogP contribution >= 0.6 is 0 Å². The number of hydrogen-bond acceptors (Lipinski definition) is 1. The van der Waals surface area contributed by atoms with Crippen molar-refractivity contribution in [1.82, 2.24) is 9.55 Å². The van der Waals surface area contributed by atoms with E-state index >= 15 is 0 Å². The van der Waals surface area contributed by atoms with Crippen molar-refractivity contribution in [3.8, 4) is 11.4 Å². The molecule has 3 nitrogen and oxygen atoms in total. The van der Waals surface area contributed by atoms with E-state index in [0.29, 0.717) is 0 Å². The molecule has 8 aromatic rings. The van der Waals surface area contributed by atoms with Gasteiger partial charge < -0.3 is 14.3 Å². The van der Waals surface area contributed by atoms with Gasteiger partial charge in [-0.2, -0.15) is 0 Å². The molecule has 1 N–H and O–H groups in total. The first kappa shape index (κ1) is 19.5. The Morgan fingerprint density at radius 3 is 2.17 bits per heavy atom. The second-order valence-electron chi connectivity index (χ2n) is 9.41. The van der Waals surface area contributed by atoms with E-state index in [-0.39, 0.29) is 0 Å². The summed E-state index contributed by atoms with van der Waals surface area (Å²) in [6.45, 7) is 0. The largest absolute Gasteiger partial charge is 0.497 e. The third-order valence-electron chi connectivity index (χ3n) is 7.58. The minimum Gasteiger partial charge on any atom is -0.497 e. The van der Waals surface area contributed by atoms with Gasteiger partial charge in [-0.05, 0) is 35.7 Å². The molecular formula is C33H22N2O. The third-order valence-corrected chi connectivity index (χ3v) is 7.58. The molecule has 0 unspecified atom stereocenters. The summed E-state index contributed by atoms with van der Waals surface area (Å²) in [7, 11) is 1.73. The van der Waals surface area contributed by atoms with E-state index in [4.69, 9.17) is 4.74 Å². The highest BCUT2D eigenvalue weighted by molar-refractivity contribution is 6.38. The van der Waals surface area contributed by atoms with Crippen molar-refractivity contribution in [3.63, 3.8) is 0 Å². The monoisotopic (exact) mass is 462 g/mol. The van der Waals surface area contributed by atoms with Crippen LogP contribution in [0.3, 0.4) is 0 Å². The smallest absolute Gasteiger partial charge is 0.119 e. The Kier molecular flexibility index (Phi) is 3.87. The van der Waals surface area contributed by atoms with Crippen LogP contribution in [0, 0.1) is 0 Å². The summed E-state index contributed by atoms with van der Waals surface area (Å²) < 4.78 is 8.11. The number of H-pyrrole nitrogens is 1. The molecule has 0 saturated carbocycles. The maximum atomic E-state index is 5.64. The zero-order chi connectivity index (χ0) is 23.8. The molecule has 3 heteroatoms. The summed E-state index contributed by atoms with van der Waals surface area (Å²) in [5.41, 5.74) is 5.92. The van der Waals surface area contributed by atoms with Crippen molar-refractivity contribution in [2.24, 2.45) is 0 Å². The predicted molar refractivity (Wildman–Crippen MR) is 152 cm³/mol. The molecule has 36 heavy (non-hydrogen) atoms. The van der Waals surface area contributed by atoms with Gasteiger partial charge >= 0.3 is 0 Å². The fraction of sp³-hybridized carbons (Fsp3) is 0.0303. The van der Waals surface area contributed by atoms with E-state index in [1.807, 2.05) is 6.07 Å². The van der Waals surface area contributed by atoms with Crippen molar-refractivity contribution in [3.05, 3.63) is 109 Å². The highest BCUT2D eigenvalue weighted by Crippen LogP contribution is 2.46. The lowest BCUT2D eigenvalue weighted by Crippen LogP contribution is -1.95. The van der Waals surface area contributed by atoms with Crippen molar-refractivity contribution < 1.29 is 4.74 Å². The lowest BCUT2D eigenvalue weighted by molar-refractivity contribution is 0.415. The van der Waals surface area contributed by atoms with E-state index in [2.05, 4.69) is 113 Å². The van der Waals surface area contributed by atoms with Crippen LogP contribution in [0.5, 0.6) is 5.75 Å². The topological polar surface area (TPSA) is 29.9 Å². The number of rotatable bonds is 2.